The molecule has 0 fully saturated rings. The zero-order chi connectivity index (χ0) is 71.3. The summed E-state index contributed by atoms with van der Waals surface area (Å²) in [4.78, 5) is 37.8. The van der Waals surface area contributed by atoms with Crippen molar-refractivity contribution in [2.75, 3.05) is 79.3 Å². The average Bonchev–Trinajstić information content (AvgIpc) is 0.960. The number of nitrogens with zero attached hydrogens (tertiary/aromatic N) is 3. The molecule has 0 aromatic heterocycles. The van der Waals surface area contributed by atoms with Crippen LogP contribution in [-0.2, 0) is 42.8 Å². The molecular formula is C85H110N4O12. The molecular weight excluding hydrogens is 1270 g/mol. The van der Waals surface area contributed by atoms with E-state index in [9.17, 15) is 14.4 Å². The van der Waals surface area contributed by atoms with Gasteiger partial charge in [-0.2, -0.15) is 15.8 Å². The molecule has 16 nitrogen and oxygen atoms in total. The number of carbonyl (C=O) groups excluding carboxylic acids is 3. The van der Waals surface area contributed by atoms with Crippen LogP contribution in [0, 0.1) is 34.0 Å². The molecule has 0 radical (unpaired) electrons. The molecule has 0 heterocycles. The Kier molecular flexibility index (Phi) is 41.6. The van der Waals surface area contributed by atoms with Gasteiger partial charge in [-0.05, 0) is 145 Å². The van der Waals surface area contributed by atoms with Crippen molar-refractivity contribution in [2.45, 2.75) is 198 Å². The molecule has 6 rings (SSSR count). The number of hydrogen-bond donors (Lipinski definition) is 1. The van der Waals surface area contributed by atoms with E-state index in [0.717, 1.165) is 166 Å². The van der Waals surface area contributed by atoms with Crippen molar-refractivity contribution in [2.24, 2.45) is 5.73 Å². The van der Waals surface area contributed by atoms with Crippen LogP contribution in [-0.4, -0.2) is 103 Å². The predicted octanol–water partition coefficient (Wildman–Crippen LogP) is 18.9. The van der Waals surface area contributed by atoms with Crippen molar-refractivity contribution in [3.63, 3.8) is 0 Å². The molecule has 6 aromatic carbocycles. The first-order valence-corrected chi connectivity index (χ1v) is 37.3. The van der Waals surface area contributed by atoms with E-state index in [4.69, 9.17) is 64.2 Å². The second-order valence-electron chi connectivity index (χ2n) is 26.2. The summed E-state index contributed by atoms with van der Waals surface area (Å²) in [6.07, 6.45) is 29.5. The van der Waals surface area contributed by atoms with Gasteiger partial charge in [0.05, 0.1) is 139 Å². The van der Waals surface area contributed by atoms with Crippen molar-refractivity contribution in [3.8, 4) is 68.8 Å². The molecule has 0 aliphatic carbocycles. The Morgan fingerprint density at radius 3 is 0.663 bits per heavy atom. The molecule has 0 atom stereocenters. The minimum Gasteiger partial charge on any atom is -0.494 e. The third kappa shape index (κ3) is 36.6. The van der Waals surface area contributed by atoms with Crippen molar-refractivity contribution in [3.05, 3.63) is 162 Å². The summed E-state index contributed by atoms with van der Waals surface area (Å²) < 4.78 is 52.1. The second-order valence-corrected chi connectivity index (χ2v) is 26.2. The quantitative estimate of drug-likeness (QED) is 0.0212. The van der Waals surface area contributed by atoms with Gasteiger partial charge in [-0.3, -0.25) is 14.4 Å². The Morgan fingerprint density at radius 2 is 0.455 bits per heavy atom. The van der Waals surface area contributed by atoms with E-state index in [1.807, 2.05) is 146 Å². The fourth-order valence-corrected chi connectivity index (χ4v) is 11.5. The van der Waals surface area contributed by atoms with Gasteiger partial charge in [0, 0.05) is 0 Å². The van der Waals surface area contributed by atoms with Gasteiger partial charge in [-0.25, -0.2) is 0 Å². The number of nitrogens with two attached hydrogens (primary N) is 1. The topological polar surface area (TPSA) is 232 Å². The average molecular weight is 1380 g/mol. The van der Waals surface area contributed by atoms with Crippen LogP contribution in [0.15, 0.2) is 146 Å². The van der Waals surface area contributed by atoms with Gasteiger partial charge >= 0.3 is 17.9 Å². The van der Waals surface area contributed by atoms with Crippen LogP contribution in [0.2, 0.25) is 0 Å². The van der Waals surface area contributed by atoms with Gasteiger partial charge < -0.3 is 48.4 Å². The lowest BCUT2D eigenvalue weighted by Gasteiger charge is -2.29. The number of rotatable bonds is 57. The van der Waals surface area contributed by atoms with Gasteiger partial charge in [-0.15, -0.1) is 0 Å². The number of unbranched alkanes of at least 4 members (excludes halogenated alkanes) is 24. The molecule has 16 heteroatoms. The third-order valence-electron chi connectivity index (χ3n) is 17.6. The summed E-state index contributed by atoms with van der Waals surface area (Å²) in [5, 5.41) is 27.1. The van der Waals surface area contributed by atoms with E-state index in [0.29, 0.717) is 56.3 Å². The Labute approximate surface area is 602 Å². The van der Waals surface area contributed by atoms with Crippen LogP contribution in [0.5, 0.6) is 17.2 Å². The molecule has 0 aliphatic rings. The number of hydrogen-bond acceptors (Lipinski definition) is 16. The molecule has 6 aromatic rings. The number of benzene rings is 6. The normalized spacial score (nSPS) is 11.1. The van der Waals surface area contributed by atoms with E-state index < -0.39 is 5.54 Å². The Bertz CT molecular complexity index is 2970. The minimum absolute atomic E-state index is 0.0175. The maximum atomic E-state index is 12.6. The smallest absolute Gasteiger partial charge is 0.308 e. The number of carbonyl (C=O) groups is 3. The number of nitriles is 3. The highest BCUT2D eigenvalue weighted by atomic mass is 16.6. The molecule has 0 spiro atoms. The van der Waals surface area contributed by atoms with Gasteiger partial charge in [0.1, 0.15) is 17.2 Å². The first kappa shape index (κ1) is 81.4. The molecule has 0 saturated carbocycles. The monoisotopic (exact) mass is 1380 g/mol. The summed E-state index contributed by atoms with van der Waals surface area (Å²) in [5.74, 6) is 1.59. The van der Waals surface area contributed by atoms with E-state index in [1.54, 1.807) is 0 Å². The van der Waals surface area contributed by atoms with Crippen molar-refractivity contribution in [1.29, 1.82) is 15.8 Å². The highest BCUT2D eigenvalue weighted by Gasteiger charge is 2.27. The molecule has 0 bridgehead atoms. The summed E-state index contributed by atoms with van der Waals surface area (Å²) in [6.45, 7) is 3.55. The van der Waals surface area contributed by atoms with E-state index in [2.05, 4.69) is 18.2 Å². The van der Waals surface area contributed by atoms with Crippen LogP contribution >= 0.6 is 0 Å². The Hall–Kier alpha value is -8.56. The van der Waals surface area contributed by atoms with Crippen molar-refractivity contribution < 1.29 is 57.0 Å². The van der Waals surface area contributed by atoms with Crippen LogP contribution in [0.4, 0.5) is 0 Å². The Morgan fingerprint density at radius 1 is 0.267 bits per heavy atom. The van der Waals surface area contributed by atoms with Gasteiger partial charge in [0.15, 0.2) is 0 Å². The summed E-state index contributed by atoms with van der Waals surface area (Å²) in [7, 11) is 0. The maximum absolute atomic E-state index is 12.6. The lowest BCUT2D eigenvalue weighted by molar-refractivity contribution is -0.145. The minimum atomic E-state index is -1.12. The van der Waals surface area contributed by atoms with E-state index in [1.165, 1.54) is 57.8 Å². The molecule has 0 amide bonds. The van der Waals surface area contributed by atoms with E-state index >= 15 is 0 Å². The maximum Gasteiger partial charge on any atom is 0.308 e. The van der Waals surface area contributed by atoms with Crippen LogP contribution in [0.25, 0.3) is 33.4 Å². The third-order valence-corrected chi connectivity index (χ3v) is 17.6. The fourth-order valence-electron chi connectivity index (χ4n) is 11.5. The Balaban J connectivity index is 0.750. The fraction of sp³-hybridized carbons (Fsp3) is 0.506. The van der Waals surface area contributed by atoms with Crippen molar-refractivity contribution in [1.82, 2.24) is 0 Å². The summed E-state index contributed by atoms with van der Waals surface area (Å²) >= 11 is 0. The molecule has 0 aliphatic heterocycles. The molecule has 0 unspecified atom stereocenters. The number of esters is 3. The largest absolute Gasteiger partial charge is 0.494 e. The highest BCUT2D eigenvalue weighted by Crippen LogP contribution is 2.27. The molecule has 0 saturated heterocycles. The zero-order valence-electron chi connectivity index (χ0n) is 59.9. The van der Waals surface area contributed by atoms with Crippen molar-refractivity contribution >= 4 is 17.9 Å². The summed E-state index contributed by atoms with van der Waals surface area (Å²) in [6, 6.07) is 53.5. The number of ether oxygens (including phenoxy) is 9. The van der Waals surface area contributed by atoms with Gasteiger partial charge in [0.25, 0.3) is 0 Å². The van der Waals surface area contributed by atoms with Gasteiger partial charge in [-0.1, -0.05) is 208 Å². The standard InChI is InChI=1S/C85H110N4O12/c86-64-70-28-34-73(35-29-70)76-40-46-79(47-41-76)96-55-22-16-10-4-1-7-13-19-25-58-99-82(90)52-61-93-67-85(89,68-94-62-53-83(91)100-59-26-20-14-8-2-5-11-17-23-56-97-80-48-42-77(43-49-80)74-36-30-71(65-87)31-37-74)69-95-63-54-84(92)101-60-27-21-15-9-3-6-12-18-24-57-98-81-50-44-78(45-51-81)75-38-32-72(66-88)33-39-75/h28-51H,1-27,52-63,67-69,89H2. The molecule has 101 heavy (non-hydrogen) atoms. The van der Waals surface area contributed by atoms with Crippen LogP contribution in [0.1, 0.15) is 209 Å². The van der Waals surface area contributed by atoms with Gasteiger partial charge in [0.2, 0.25) is 0 Å². The molecule has 542 valence electrons. The lowest BCUT2D eigenvalue weighted by Crippen LogP contribution is -2.53. The van der Waals surface area contributed by atoms with Crippen LogP contribution < -0.4 is 19.9 Å². The second kappa shape index (κ2) is 51.6. The molecule has 2 N–H and O–H groups in total. The first-order valence-electron chi connectivity index (χ1n) is 37.3. The lowest BCUT2D eigenvalue weighted by atomic mass is 10.0. The summed E-state index contributed by atoms with van der Waals surface area (Å²) in [5.41, 5.74) is 14.1. The van der Waals surface area contributed by atoms with E-state index in [-0.39, 0.29) is 76.8 Å². The zero-order valence-corrected chi connectivity index (χ0v) is 59.9. The first-order chi connectivity index (χ1) is 49.6. The van der Waals surface area contributed by atoms with Crippen LogP contribution in [0.3, 0.4) is 0 Å². The highest BCUT2D eigenvalue weighted by molar-refractivity contribution is 5.70. The SMILES string of the molecule is N#Cc1ccc(-c2ccc(OCCCCCCCCCCCOC(=O)CCOCC(N)(COCCC(=O)OCCCCCCCCCCCOc3ccc(-c4ccc(C#N)cc4)cc3)COCCC(=O)OCCCCCCCCCCCOc3ccc(-c4ccc(C#N)cc4)cc3)cc2)cc1. The predicted molar refractivity (Wildman–Crippen MR) is 397 cm³/mol.